The molecule has 130 valence electrons. The van der Waals surface area contributed by atoms with Crippen molar-refractivity contribution in [2.75, 3.05) is 5.75 Å². The third-order valence-electron chi connectivity index (χ3n) is 3.63. The van der Waals surface area contributed by atoms with Gasteiger partial charge in [-0.05, 0) is 51.3 Å². The van der Waals surface area contributed by atoms with Crippen LogP contribution in [0, 0.1) is 11.6 Å². The molecule has 0 fully saturated rings. The molecule has 1 aromatic rings. The van der Waals surface area contributed by atoms with Crippen LogP contribution in [0.3, 0.4) is 0 Å². The van der Waals surface area contributed by atoms with E-state index in [1.54, 1.807) is 20.8 Å². The Bertz CT molecular complexity index is 626. The predicted molar refractivity (Wildman–Crippen MR) is 87.1 cm³/mol. The summed E-state index contributed by atoms with van der Waals surface area (Å²) in [5, 5.41) is 0. The van der Waals surface area contributed by atoms with Crippen molar-refractivity contribution >= 4 is 15.6 Å². The van der Waals surface area contributed by atoms with E-state index in [0.717, 1.165) is 18.2 Å². The van der Waals surface area contributed by atoms with E-state index in [4.69, 9.17) is 0 Å². The zero-order chi connectivity index (χ0) is 17.7. The van der Waals surface area contributed by atoms with Gasteiger partial charge >= 0.3 is 0 Å². The van der Waals surface area contributed by atoms with Crippen molar-refractivity contribution in [1.29, 1.82) is 0 Å². The van der Waals surface area contributed by atoms with Crippen LogP contribution in [-0.2, 0) is 21.1 Å². The number of carbonyl (C=O) groups is 1. The molecule has 0 aliphatic carbocycles. The molecule has 0 spiro atoms. The average Bonchev–Trinajstić information content (AvgIpc) is 2.35. The van der Waals surface area contributed by atoms with E-state index in [2.05, 4.69) is 0 Å². The topological polar surface area (TPSA) is 51.2 Å². The Labute approximate surface area is 137 Å². The molecule has 0 aliphatic rings. The van der Waals surface area contributed by atoms with E-state index in [1.165, 1.54) is 0 Å². The fourth-order valence-corrected chi connectivity index (χ4v) is 3.32. The molecular formula is C17H24F2O3S. The van der Waals surface area contributed by atoms with Gasteiger partial charge in [-0.15, -0.1) is 0 Å². The molecule has 0 aliphatic heterocycles. The van der Waals surface area contributed by atoms with Gasteiger partial charge in [0.25, 0.3) is 0 Å². The first kappa shape index (κ1) is 19.7. The molecule has 0 amide bonds. The van der Waals surface area contributed by atoms with Crippen LogP contribution in [0.5, 0.6) is 0 Å². The second-order valence-electron chi connectivity index (χ2n) is 6.74. The maximum atomic E-state index is 13.0. The lowest BCUT2D eigenvalue weighted by Gasteiger charge is -2.18. The van der Waals surface area contributed by atoms with Crippen molar-refractivity contribution in [2.45, 2.75) is 57.6 Å². The molecule has 0 unspecified atom stereocenters. The van der Waals surface area contributed by atoms with Gasteiger partial charge in [0.2, 0.25) is 0 Å². The highest BCUT2D eigenvalue weighted by Crippen LogP contribution is 2.18. The number of rotatable bonds is 8. The van der Waals surface area contributed by atoms with Crippen LogP contribution < -0.4 is 0 Å². The van der Waals surface area contributed by atoms with Crippen LogP contribution in [-0.4, -0.2) is 24.7 Å². The summed E-state index contributed by atoms with van der Waals surface area (Å²) < 4.78 is 49.1. The summed E-state index contributed by atoms with van der Waals surface area (Å²) in [5.41, 5.74) is 0.322. The molecule has 0 bridgehead atoms. The Morgan fingerprint density at radius 1 is 1.00 bits per heavy atom. The number of benzene rings is 1. The number of hydrogen-bond donors (Lipinski definition) is 0. The minimum Gasteiger partial charge on any atom is -0.299 e. The fourth-order valence-electron chi connectivity index (χ4n) is 2.13. The van der Waals surface area contributed by atoms with E-state index in [0.29, 0.717) is 24.8 Å². The van der Waals surface area contributed by atoms with E-state index in [-0.39, 0.29) is 24.4 Å². The highest BCUT2D eigenvalue weighted by molar-refractivity contribution is 7.92. The van der Waals surface area contributed by atoms with Crippen LogP contribution in [0.15, 0.2) is 18.2 Å². The molecule has 1 rings (SSSR count). The molecular weight excluding hydrogens is 322 g/mol. The maximum Gasteiger partial charge on any atom is 0.155 e. The van der Waals surface area contributed by atoms with E-state index >= 15 is 0 Å². The summed E-state index contributed by atoms with van der Waals surface area (Å²) in [4.78, 5) is 11.8. The number of ketones is 1. The SMILES string of the molecule is CC(C)(C)S(=O)(=O)CCCCCC(=O)Cc1cc(F)cc(F)c1. The molecule has 0 aromatic heterocycles. The number of hydrogen-bond acceptors (Lipinski definition) is 3. The van der Waals surface area contributed by atoms with Crippen LogP contribution in [0.25, 0.3) is 0 Å². The summed E-state index contributed by atoms with van der Waals surface area (Å²) in [6, 6.07) is 3.07. The number of unbranched alkanes of at least 4 members (excludes halogenated alkanes) is 2. The smallest absolute Gasteiger partial charge is 0.155 e. The number of carbonyl (C=O) groups excluding carboxylic acids is 1. The van der Waals surface area contributed by atoms with Crippen LogP contribution in [0.1, 0.15) is 52.0 Å². The predicted octanol–water partition coefficient (Wildman–Crippen LogP) is 3.85. The molecule has 0 atom stereocenters. The molecule has 6 heteroatoms. The average molecular weight is 346 g/mol. The zero-order valence-electron chi connectivity index (χ0n) is 13.9. The molecule has 3 nitrogen and oxygen atoms in total. The molecule has 23 heavy (non-hydrogen) atoms. The minimum absolute atomic E-state index is 0.00499. The lowest BCUT2D eigenvalue weighted by atomic mass is 10.0. The Hall–Kier alpha value is -1.30. The van der Waals surface area contributed by atoms with Crippen LogP contribution >= 0.6 is 0 Å². The Morgan fingerprint density at radius 3 is 2.09 bits per heavy atom. The van der Waals surface area contributed by atoms with Crippen molar-refractivity contribution in [3.63, 3.8) is 0 Å². The van der Waals surface area contributed by atoms with Crippen molar-refractivity contribution in [2.24, 2.45) is 0 Å². The minimum atomic E-state index is -3.12. The summed E-state index contributed by atoms with van der Waals surface area (Å²) >= 11 is 0. The Morgan fingerprint density at radius 2 is 1.57 bits per heavy atom. The monoisotopic (exact) mass is 346 g/mol. The fraction of sp³-hybridized carbons (Fsp3) is 0.588. The van der Waals surface area contributed by atoms with Crippen molar-refractivity contribution in [3.05, 3.63) is 35.4 Å². The standard InChI is InChI=1S/C17H24F2O3S/c1-17(2,3)23(21,22)8-6-4-5-7-16(20)11-13-9-14(18)12-15(19)10-13/h9-10,12H,4-8,11H2,1-3H3. The second-order valence-corrected chi connectivity index (χ2v) is 9.60. The van der Waals surface area contributed by atoms with Crippen molar-refractivity contribution in [3.8, 4) is 0 Å². The van der Waals surface area contributed by atoms with Crippen molar-refractivity contribution < 1.29 is 22.0 Å². The molecule has 0 radical (unpaired) electrons. The van der Waals surface area contributed by atoms with Gasteiger partial charge in [-0.25, -0.2) is 17.2 Å². The zero-order valence-corrected chi connectivity index (χ0v) is 14.7. The third-order valence-corrected chi connectivity index (χ3v) is 6.32. The maximum absolute atomic E-state index is 13.0. The number of Topliss-reactive ketones (excluding diaryl/α,β-unsaturated/α-hetero) is 1. The van der Waals surface area contributed by atoms with Crippen molar-refractivity contribution in [1.82, 2.24) is 0 Å². The lowest BCUT2D eigenvalue weighted by Crippen LogP contribution is -2.30. The highest BCUT2D eigenvalue weighted by Gasteiger charge is 2.27. The quantitative estimate of drug-likeness (QED) is 0.672. The van der Waals surface area contributed by atoms with Gasteiger partial charge in [-0.2, -0.15) is 0 Å². The molecule has 0 heterocycles. The van der Waals surface area contributed by atoms with E-state index in [9.17, 15) is 22.0 Å². The number of sulfone groups is 1. The van der Waals surface area contributed by atoms with Gasteiger partial charge in [-0.3, -0.25) is 4.79 Å². The summed E-state index contributed by atoms with van der Waals surface area (Å²) in [5.74, 6) is -1.38. The Balaban J connectivity index is 2.32. The molecule has 0 saturated carbocycles. The molecule has 0 saturated heterocycles. The normalized spacial score (nSPS) is 12.4. The highest BCUT2D eigenvalue weighted by atomic mass is 32.2. The van der Waals surface area contributed by atoms with Gasteiger partial charge < -0.3 is 0 Å². The summed E-state index contributed by atoms with van der Waals surface area (Å²) in [6.07, 6.45) is 2.01. The van der Waals surface area contributed by atoms with E-state index in [1.807, 2.05) is 0 Å². The summed E-state index contributed by atoms with van der Waals surface area (Å²) in [6.45, 7) is 5.01. The third kappa shape index (κ3) is 6.77. The Kier molecular flexibility index (Phi) is 6.86. The lowest BCUT2D eigenvalue weighted by molar-refractivity contribution is -0.118. The van der Waals surface area contributed by atoms with Gasteiger partial charge in [0.15, 0.2) is 9.84 Å². The first-order valence-electron chi connectivity index (χ1n) is 7.70. The molecule has 1 aromatic carbocycles. The number of halogens is 2. The van der Waals surface area contributed by atoms with Gasteiger partial charge in [0.05, 0.1) is 10.5 Å². The first-order chi connectivity index (χ1) is 10.5. The van der Waals surface area contributed by atoms with Crippen LogP contribution in [0.2, 0.25) is 0 Å². The van der Waals surface area contributed by atoms with Gasteiger partial charge in [-0.1, -0.05) is 6.42 Å². The van der Waals surface area contributed by atoms with E-state index < -0.39 is 26.2 Å². The van der Waals surface area contributed by atoms with Gasteiger partial charge in [0, 0.05) is 18.9 Å². The van der Waals surface area contributed by atoms with Gasteiger partial charge in [0.1, 0.15) is 17.4 Å². The summed E-state index contributed by atoms with van der Waals surface area (Å²) in [7, 11) is -3.12. The second kappa shape index (κ2) is 7.99. The molecule has 0 N–H and O–H groups in total. The van der Waals surface area contributed by atoms with Crippen LogP contribution in [0.4, 0.5) is 8.78 Å². The largest absolute Gasteiger partial charge is 0.299 e. The first-order valence-corrected chi connectivity index (χ1v) is 9.35.